The van der Waals surface area contributed by atoms with Crippen molar-refractivity contribution in [1.29, 1.82) is 5.26 Å². The van der Waals surface area contributed by atoms with E-state index < -0.39 is 0 Å². The van der Waals surface area contributed by atoms with Gasteiger partial charge >= 0.3 is 0 Å². The zero-order valence-electron chi connectivity index (χ0n) is 12.6. The maximum atomic E-state index is 12.0. The van der Waals surface area contributed by atoms with Crippen molar-refractivity contribution in [3.05, 3.63) is 16.8 Å². The molecule has 112 valence electrons. The van der Waals surface area contributed by atoms with Crippen molar-refractivity contribution >= 4 is 11.7 Å². The van der Waals surface area contributed by atoms with Crippen LogP contribution in [0.4, 0.5) is 5.82 Å². The van der Waals surface area contributed by atoms with Gasteiger partial charge in [-0.2, -0.15) is 10.4 Å². The standard InChI is InChI=1S/C15H21N5O/c1-3-11-12(9-16)15(19-18-13(11)4-2)17-10-14(21)20-7-5-6-8-20/h3-8,10H2,1-2H3,(H,17,19). The molecule has 0 spiro atoms. The predicted octanol–water partition coefficient (Wildman–Crippen LogP) is 1.51. The number of amides is 1. The highest BCUT2D eigenvalue weighted by molar-refractivity contribution is 5.81. The molecule has 1 aliphatic heterocycles. The molecule has 0 saturated carbocycles. The predicted molar refractivity (Wildman–Crippen MR) is 79.8 cm³/mol. The van der Waals surface area contributed by atoms with Crippen molar-refractivity contribution in [2.24, 2.45) is 0 Å². The first kappa shape index (κ1) is 15.2. The van der Waals surface area contributed by atoms with E-state index in [9.17, 15) is 10.1 Å². The molecular weight excluding hydrogens is 266 g/mol. The smallest absolute Gasteiger partial charge is 0.241 e. The number of carbonyl (C=O) groups is 1. The van der Waals surface area contributed by atoms with Gasteiger partial charge in [-0.05, 0) is 31.2 Å². The van der Waals surface area contributed by atoms with E-state index in [1.54, 1.807) is 0 Å². The number of anilines is 1. The van der Waals surface area contributed by atoms with Gasteiger partial charge in [0.25, 0.3) is 0 Å². The summed E-state index contributed by atoms with van der Waals surface area (Å²) in [7, 11) is 0. The van der Waals surface area contributed by atoms with Gasteiger partial charge in [-0.25, -0.2) is 0 Å². The minimum atomic E-state index is 0.0517. The maximum absolute atomic E-state index is 12.0. The highest BCUT2D eigenvalue weighted by Gasteiger charge is 2.19. The molecule has 1 fully saturated rings. The largest absolute Gasteiger partial charge is 0.358 e. The minimum Gasteiger partial charge on any atom is -0.358 e. The van der Waals surface area contributed by atoms with Crippen LogP contribution in [0.1, 0.15) is 43.5 Å². The summed E-state index contributed by atoms with van der Waals surface area (Å²) >= 11 is 0. The van der Waals surface area contributed by atoms with Crippen LogP contribution in [0.15, 0.2) is 0 Å². The zero-order chi connectivity index (χ0) is 15.2. The summed E-state index contributed by atoms with van der Waals surface area (Å²) in [6, 6.07) is 2.19. The van der Waals surface area contributed by atoms with Crippen LogP contribution in [0.5, 0.6) is 0 Å². The first-order valence-corrected chi connectivity index (χ1v) is 7.51. The molecule has 0 unspecified atom stereocenters. The zero-order valence-corrected chi connectivity index (χ0v) is 12.6. The molecule has 6 heteroatoms. The summed E-state index contributed by atoms with van der Waals surface area (Å²) < 4.78 is 0. The number of nitrogens with one attached hydrogen (secondary N) is 1. The molecule has 1 N–H and O–H groups in total. The van der Waals surface area contributed by atoms with E-state index in [1.807, 2.05) is 18.7 Å². The second-order valence-electron chi connectivity index (χ2n) is 5.11. The average molecular weight is 287 g/mol. The van der Waals surface area contributed by atoms with E-state index in [1.165, 1.54) is 0 Å². The van der Waals surface area contributed by atoms with E-state index in [-0.39, 0.29) is 12.5 Å². The average Bonchev–Trinajstić information content (AvgIpc) is 3.05. The quantitative estimate of drug-likeness (QED) is 0.887. The lowest BCUT2D eigenvalue weighted by Crippen LogP contribution is -2.33. The van der Waals surface area contributed by atoms with Gasteiger partial charge in [0.1, 0.15) is 11.6 Å². The number of rotatable bonds is 5. The summed E-state index contributed by atoms with van der Waals surface area (Å²) in [4.78, 5) is 13.9. The lowest BCUT2D eigenvalue weighted by atomic mass is 10.0. The summed E-state index contributed by atoms with van der Waals surface area (Å²) in [6.07, 6.45) is 3.62. The fraction of sp³-hybridized carbons (Fsp3) is 0.600. The molecule has 1 aliphatic rings. The summed E-state index contributed by atoms with van der Waals surface area (Å²) in [5.41, 5.74) is 2.29. The number of carbonyl (C=O) groups excluding carboxylic acids is 1. The molecule has 21 heavy (non-hydrogen) atoms. The van der Waals surface area contributed by atoms with E-state index in [0.29, 0.717) is 11.4 Å². The van der Waals surface area contributed by atoms with Gasteiger partial charge in [-0.1, -0.05) is 13.8 Å². The van der Waals surface area contributed by atoms with Gasteiger partial charge in [-0.3, -0.25) is 4.79 Å². The molecule has 0 radical (unpaired) electrons. The third kappa shape index (κ3) is 3.30. The molecule has 6 nitrogen and oxygen atoms in total. The topological polar surface area (TPSA) is 81.9 Å². The Hall–Kier alpha value is -2.16. The maximum Gasteiger partial charge on any atom is 0.241 e. The third-order valence-corrected chi connectivity index (χ3v) is 3.82. The van der Waals surface area contributed by atoms with E-state index in [2.05, 4.69) is 21.6 Å². The molecular formula is C15H21N5O. The summed E-state index contributed by atoms with van der Waals surface area (Å²) in [5.74, 6) is 0.468. The Labute approximate surface area is 125 Å². The van der Waals surface area contributed by atoms with Gasteiger partial charge in [0.15, 0.2) is 5.82 Å². The van der Waals surface area contributed by atoms with Crippen molar-refractivity contribution in [2.45, 2.75) is 39.5 Å². The number of aromatic nitrogens is 2. The van der Waals surface area contributed by atoms with Crippen molar-refractivity contribution in [3.8, 4) is 6.07 Å². The Morgan fingerprint density at radius 2 is 2.00 bits per heavy atom. The molecule has 1 amide bonds. The third-order valence-electron chi connectivity index (χ3n) is 3.82. The van der Waals surface area contributed by atoms with Crippen LogP contribution in [0.3, 0.4) is 0 Å². The van der Waals surface area contributed by atoms with Crippen LogP contribution in [-0.2, 0) is 17.6 Å². The molecule has 1 aromatic rings. The fourth-order valence-corrected chi connectivity index (χ4v) is 2.65. The molecule has 1 saturated heterocycles. The second kappa shape index (κ2) is 7.02. The van der Waals surface area contributed by atoms with Crippen LogP contribution in [0.25, 0.3) is 0 Å². The lowest BCUT2D eigenvalue weighted by Gasteiger charge is -2.16. The van der Waals surface area contributed by atoms with E-state index in [0.717, 1.165) is 50.0 Å². The Balaban J connectivity index is 2.12. The summed E-state index contributed by atoms with van der Waals surface area (Å²) in [6.45, 7) is 5.81. The second-order valence-corrected chi connectivity index (χ2v) is 5.11. The number of nitriles is 1. The van der Waals surface area contributed by atoms with Gasteiger partial charge in [0.2, 0.25) is 5.91 Å². The number of nitrogens with zero attached hydrogens (tertiary/aromatic N) is 4. The fourth-order valence-electron chi connectivity index (χ4n) is 2.65. The minimum absolute atomic E-state index is 0.0517. The number of hydrogen-bond acceptors (Lipinski definition) is 5. The van der Waals surface area contributed by atoms with Crippen LogP contribution >= 0.6 is 0 Å². The monoisotopic (exact) mass is 287 g/mol. The van der Waals surface area contributed by atoms with Gasteiger partial charge < -0.3 is 10.2 Å². The lowest BCUT2D eigenvalue weighted by molar-refractivity contribution is -0.128. The first-order chi connectivity index (χ1) is 10.2. The van der Waals surface area contributed by atoms with Crippen LogP contribution in [0.2, 0.25) is 0 Å². The molecule has 0 atom stereocenters. The van der Waals surface area contributed by atoms with Crippen LogP contribution in [0, 0.1) is 11.3 Å². The van der Waals surface area contributed by atoms with E-state index in [4.69, 9.17) is 0 Å². The first-order valence-electron chi connectivity index (χ1n) is 7.51. The van der Waals surface area contributed by atoms with Gasteiger partial charge in [0, 0.05) is 13.1 Å². The molecule has 0 bridgehead atoms. The highest BCUT2D eigenvalue weighted by Crippen LogP contribution is 2.19. The van der Waals surface area contributed by atoms with Crippen molar-refractivity contribution in [3.63, 3.8) is 0 Å². The van der Waals surface area contributed by atoms with Crippen molar-refractivity contribution < 1.29 is 4.79 Å². The van der Waals surface area contributed by atoms with Gasteiger partial charge in [-0.15, -0.1) is 5.10 Å². The molecule has 2 heterocycles. The Morgan fingerprint density at radius 3 is 2.57 bits per heavy atom. The Morgan fingerprint density at radius 1 is 1.29 bits per heavy atom. The van der Waals surface area contributed by atoms with Gasteiger partial charge in [0.05, 0.1) is 12.2 Å². The molecule has 0 aliphatic carbocycles. The summed E-state index contributed by atoms with van der Waals surface area (Å²) in [5, 5.41) is 20.6. The Bertz CT molecular complexity index is 558. The number of aryl methyl sites for hydroxylation is 1. The van der Waals surface area contributed by atoms with E-state index >= 15 is 0 Å². The molecule has 1 aromatic heterocycles. The molecule has 0 aromatic carbocycles. The van der Waals surface area contributed by atoms with Crippen LogP contribution < -0.4 is 5.32 Å². The normalized spacial score (nSPS) is 14.0. The Kier molecular flexibility index (Phi) is 5.09. The highest BCUT2D eigenvalue weighted by atomic mass is 16.2. The molecule has 2 rings (SSSR count). The van der Waals surface area contributed by atoms with Crippen molar-refractivity contribution in [2.75, 3.05) is 25.0 Å². The number of likely N-dealkylation sites (tertiary alicyclic amines) is 1. The SMILES string of the molecule is CCc1nnc(NCC(=O)N2CCCC2)c(C#N)c1CC. The van der Waals surface area contributed by atoms with Crippen LogP contribution in [-0.4, -0.2) is 40.6 Å². The number of hydrogen-bond donors (Lipinski definition) is 1. The van der Waals surface area contributed by atoms with Crippen molar-refractivity contribution in [1.82, 2.24) is 15.1 Å².